The van der Waals surface area contributed by atoms with Crippen LogP contribution in [-0.4, -0.2) is 0 Å². The topological polar surface area (TPSA) is 9.23 Å². The Morgan fingerprint density at radius 3 is 0.898 bits per heavy atom. The van der Waals surface area contributed by atoms with Gasteiger partial charge in [-0.15, -0.1) is 0 Å². The average Bonchev–Trinajstić information content (AvgIpc) is 3.19. The van der Waals surface area contributed by atoms with Crippen molar-refractivity contribution in [2.75, 3.05) is 0 Å². The van der Waals surface area contributed by atoms with E-state index in [0.717, 1.165) is 11.5 Å². The van der Waals surface area contributed by atoms with Crippen LogP contribution in [0.4, 0.5) is 0 Å². The zero-order valence-corrected chi connectivity index (χ0v) is 39.0. The number of hydrogen-bond acceptors (Lipinski definition) is 1. The summed E-state index contributed by atoms with van der Waals surface area (Å²) in [5.74, 6) is 1.80. The van der Waals surface area contributed by atoms with Crippen molar-refractivity contribution in [1.82, 2.24) is 0 Å². The molecule has 0 aromatic heterocycles. The Kier molecular flexibility index (Phi) is 16.3. The molecule has 0 N–H and O–H groups in total. The van der Waals surface area contributed by atoms with Crippen molar-refractivity contribution in [1.29, 1.82) is 0 Å². The zero-order chi connectivity index (χ0) is 43.6. The summed E-state index contributed by atoms with van der Waals surface area (Å²) in [7, 11) is 0. The highest BCUT2D eigenvalue weighted by Gasteiger charge is 2.05. The Morgan fingerprint density at radius 2 is 0.542 bits per heavy atom. The molecule has 0 fully saturated rings. The first-order valence-corrected chi connectivity index (χ1v) is 21.0. The normalized spacial score (nSPS) is 10.4. The molecule has 0 radical (unpaired) electrons. The molecule has 59 heavy (non-hydrogen) atoms. The number of benzene rings is 7. The summed E-state index contributed by atoms with van der Waals surface area (Å²) >= 11 is 0. The van der Waals surface area contributed by atoms with Gasteiger partial charge < -0.3 is 4.74 Å². The lowest BCUT2D eigenvalue weighted by molar-refractivity contribution is 0.481. The predicted molar refractivity (Wildman–Crippen MR) is 259 cm³/mol. The Balaban J connectivity index is 0.000000176. The summed E-state index contributed by atoms with van der Waals surface area (Å²) in [5, 5.41) is 0. The molecule has 1 nitrogen and oxygen atoms in total. The van der Waals surface area contributed by atoms with Gasteiger partial charge in [0, 0.05) is 0 Å². The lowest BCUT2D eigenvalue weighted by atomic mass is 9.95. The number of hydrogen-bond donors (Lipinski definition) is 0. The molecule has 0 aliphatic rings. The van der Waals surface area contributed by atoms with Crippen molar-refractivity contribution >= 4 is 0 Å². The summed E-state index contributed by atoms with van der Waals surface area (Å²) in [6, 6.07) is 43.3. The second-order valence-corrected chi connectivity index (χ2v) is 16.8. The second kappa shape index (κ2) is 20.9. The van der Waals surface area contributed by atoms with Gasteiger partial charge in [0.1, 0.15) is 11.5 Å². The van der Waals surface area contributed by atoms with Crippen LogP contribution in [0.5, 0.6) is 11.5 Å². The quantitative estimate of drug-likeness (QED) is 0.173. The highest BCUT2D eigenvalue weighted by molar-refractivity contribution is 5.69. The third-order valence-corrected chi connectivity index (χ3v) is 12.1. The summed E-state index contributed by atoms with van der Waals surface area (Å²) < 4.78 is 5.85. The molecule has 0 amide bonds. The predicted octanol–water partition coefficient (Wildman–Crippen LogP) is 16.8. The SMILES string of the molecule is Cc1cc(C)c(C)cc1C.Cc1ccc(-c2ccc(C)c(C)c2)cc1C.Cc1ccc(-c2cccc(C)c2C)cc1C.Cc1ccc(Oc2ccc(C)c(C)c2)cc1C. The molecular weight excluding hydrogens is 713 g/mol. The number of aryl methyl sites for hydroxylation is 15. The lowest BCUT2D eigenvalue weighted by Crippen LogP contribution is -1.88. The third kappa shape index (κ3) is 12.9. The van der Waals surface area contributed by atoms with Gasteiger partial charge in [0.15, 0.2) is 0 Å². The van der Waals surface area contributed by atoms with Crippen molar-refractivity contribution < 1.29 is 4.74 Å². The summed E-state index contributed by atoms with van der Waals surface area (Å²) in [5.41, 5.74) is 26.8. The van der Waals surface area contributed by atoms with Crippen LogP contribution < -0.4 is 4.74 Å². The lowest BCUT2D eigenvalue weighted by Gasteiger charge is -2.10. The molecule has 1 heteroatoms. The van der Waals surface area contributed by atoms with Crippen LogP contribution in [-0.2, 0) is 0 Å². The molecular formula is C58H68O. The maximum absolute atomic E-state index is 5.85. The zero-order valence-electron chi connectivity index (χ0n) is 39.0. The fourth-order valence-corrected chi connectivity index (χ4v) is 6.61. The van der Waals surface area contributed by atoms with E-state index in [9.17, 15) is 0 Å². The van der Waals surface area contributed by atoms with Gasteiger partial charge >= 0.3 is 0 Å². The molecule has 7 rings (SSSR count). The van der Waals surface area contributed by atoms with Crippen LogP contribution in [0.25, 0.3) is 22.3 Å². The second-order valence-electron chi connectivity index (χ2n) is 16.8. The van der Waals surface area contributed by atoms with E-state index in [-0.39, 0.29) is 0 Å². The van der Waals surface area contributed by atoms with E-state index in [2.05, 4.69) is 220 Å². The largest absolute Gasteiger partial charge is 0.457 e. The van der Waals surface area contributed by atoms with Gasteiger partial charge in [-0.2, -0.15) is 0 Å². The molecule has 306 valence electrons. The van der Waals surface area contributed by atoms with E-state index < -0.39 is 0 Å². The Hall–Kier alpha value is -5.66. The molecule has 0 heterocycles. The standard InChI is InChI=1S/C16H18O.2C16H18.C10H14/c1-11-5-7-15(9-13(11)3)17-16-8-6-12(2)14(4)10-16;1-11-5-7-15(9-13(11)3)16-8-6-12(2)14(4)10-16;1-11-8-9-15(10-13(11)3)16-7-5-6-12(2)14(16)4;1-7-5-9(3)10(4)6-8(7)2/h5-10H,1-4H3;2*5-10H,1-4H3;5-6H,1-4H3. The van der Waals surface area contributed by atoms with Crippen LogP contribution in [0.1, 0.15) is 89.0 Å². The van der Waals surface area contributed by atoms with Crippen LogP contribution in [0, 0.1) is 111 Å². The highest BCUT2D eigenvalue weighted by Crippen LogP contribution is 2.28. The first-order chi connectivity index (χ1) is 27.8. The molecule has 0 atom stereocenters. The Bertz CT molecular complexity index is 2380. The molecule has 0 aliphatic heterocycles. The van der Waals surface area contributed by atoms with E-state index in [1.54, 1.807) is 0 Å². The molecule has 7 aromatic carbocycles. The van der Waals surface area contributed by atoms with Gasteiger partial charge in [-0.3, -0.25) is 0 Å². The van der Waals surface area contributed by atoms with Crippen LogP contribution in [0.15, 0.2) is 121 Å². The molecule has 0 spiro atoms. The molecule has 7 aromatic rings. The summed E-state index contributed by atoms with van der Waals surface area (Å²) in [4.78, 5) is 0. The number of rotatable bonds is 4. The van der Waals surface area contributed by atoms with E-state index in [1.165, 1.54) is 111 Å². The molecule has 0 aliphatic carbocycles. The van der Waals surface area contributed by atoms with Crippen LogP contribution in [0.3, 0.4) is 0 Å². The van der Waals surface area contributed by atoms with E-state index in [1.807, 2.05) is 12.1 Å². The molecule has 0 unspecified atom stereocenters. The van der Waals surface area contributed by atoms with Gasteiger partial charge in [-0.25, -0.2) is 0 Å². The maximum Gasteiger partial charge on any atom is 0.127 e. The maximum atomic E-state index is 5.85. The third-order valence-electron chi connectivity index (χ3n) is 12.1. The first-order valence-electron chi connectivity index (χ1n) is 21.0. The molecule has 0 saturated heterocycles. The van der Waals surface area contributed by atoms with Crippen molar-refractivity contribution in [2.45, 2.75) is 111 Å². The van der Waals surface area contributed by atoms with Crippen molar-refractivity contribution in [3.8, 4) is 33.8 Å². The highest BCUT2D eigenvalue weighted by atomic mass is 16.5. The minimum absolute atomic E-state index is 0.899. The van der Waals surface area contributed by atoms with Gasteiger partial charge in [0.2, 0.25) is 0 Å². The minimum Gasteiger partial charge on any atom is -0.457 e. The fourth-order valence-electron chi connectivity index (χ4n) is 6.61. The summed E-state index contributed by atoms with van der Waals surface area (Å²) in [6.45, 7) is 34.4. The van der Waals surface area contributed by atoms with Crippen molar-refractivity contribution in [3.63, 3.8) is 0 Å². The van der Waals surface area contributed by atoms with Gasteiger partial charge in [-0.1, -0.05) is 97.1 Å². The van der Waals surface area contributed by atoms with E-state index >= 15 is 0 Å². The number of ether oxygens (including phenoxy) is 1. The van der Waals surface area contributed by atoms with Gasteiger partial charge in [-0.05, 0) is 246 Å². The average molecular weight is 781 g/mol. The van der Waals surface area contributed by atoms with E-state index in [4.69, 9.17) is 4.74 Å². The van der Waals surface area contributed by atoms with Crippen molar-refractivity contribution in [3.05, 3.63) is 210 Å². The van der Waals surface area contributed by atoms with Gasteiger partial charge in [0.25, 0.3) is 0 Å². The monoisotopic (exact) mass is 781 g/mol. The first kappa shape index (κ1) is 46.0. The molecule has 0 bridgehead atoms. The fraction of sp³-hybridized carbons (Fsp3) is 0.276. The molecule has 0 saturated carbocycles. The van der Waals surface area contributed by atoms with Crippen molar-refractivity contribution in [2.24, 2.45) is 0 Å². The van der Waals surface area contributed by atoms with Crippen LogP contribution >= 0.6 is 0 Å². The Labute approximate surface area is 358 Å². The smallest absolute Gasteiger partial charge is 0.127 e. The minimum atomic E-state index is 0.899. The summed E-state index contributed by atoms with van der Waals surface area (Å²) in [6.07, 6.45) is 0. The van der Waals surface area contributed by atoms with E-state index in [0.29, 0.717) is 0 Å². The Morgan fingerprint density at radius 1 is 0.237 bits per heavy atom. The van der Waals surface area contributed by atoms with Crippen LogP contribution in [0.2, 0.25) is 0 Å². The van der Waals surface area contributed by atoms with Gasteiger partial charge in [0.05, 0.1) is 0 Å².